The number of piperidine rings is 2. The first-order valence-corrected chi connectivity index (χ1v) is 20.1. The molecule has 0 radical (unpaired) electrons. The lowest BCUT2D eigenvalue weighted by Crippen LogP contribution is -2.50. The largest absolute Gasteiger partial charge is 0.508 e. The van der Waals surface area contributed by atoms with Gasteiger partial charge < -0.3 is 43.4 Å². The van der Waals surface area contributed by atoms with Crippen molar-refractivity contribution in [3.8, 4) is 45.3 Å². The van der Waals surface area contributed by atoms with Crippen molar-refractivity contribution in [2.24, 2.45) is 0 Å². The van der Waals surface area contributed by atoms with Gasteiger partial charge in [0.05, 0.1) is 25.0 Å². The molecule has 12 heteroatoms. The fourth-order valence-corrected chi connectivity index (χ4v) is 9.11. The number of hydrogen-bond acceptors (Lipinski definition) is 9. The molecule has 6 atom stereocenters. The second-order valence-electron chi connectivity index (χ2n) is 17.0. The third kappa shape index (κ3) is 7.96. The van der Waals surface area contributed by atoms with Crippen LogP contribution in [0.5, 0.6) is 23.0 Å². The Morgan fingerprint density at radius 3 is 1.58 bits per heavy atom. The normalized spacial score (nSPS) is 23.9. The summed E-state index contributed by atoms with van der Waals surface area (Å²) < 4.78 is 22.6. The predicted octanol–water partition coefficient (Wildman–Crippen LogP) is 8.38. The molecule has 6 aromatic rings. The monoisotopic (exact) mass is 770 g/mol. The van der Waals surface area contributed by atoms with Crippen molar-refractivity contribution in [1.29, 1.82) is 0 Å². The van der Waals surface area contributed by atoms with Crippen LogP contribution in [-0.4, -0.2) is 82.0 Å². The van der Waals surface area contributed by atoms with E-state index in [1.807, 2.05) is 83.4 Å². The number of nitrogens with one attached hydrogen (secondary N) is 1. The van der Waals surface area contributed by atoms with Crippen LogP contribution in [0.1, 0.15) is 72.1 Å². The lowest BCUT2D eigenvalue weighted by molar-refractivity contribution is -0.00694. The molecule has 4 aliphatic rings. The Morgan fingerprint density at radius 2 is 1.12 bits per heavy atom. The number of pyridine rings is 2. The molecule has 0 spiro atoms. The van der Waals surface area contributed by atoms with Crippen molar-refractivity contribution in [3.63, 3.8) is 0 Å². The molecule has 3 N–H and O–H groups in total. The highest BCUT2D eigenvalue weighted by Crippen LogP contribution is 2.40. The number of ether oxygens (including phenoxy) is 3. The average molecular weight is 771 g/mol. The Balaban J connectivity index is 0.000000153. The van der Waals surface area contributed by atoms with Crippen molar-refractivity contribution in [1.82, 2.24) is 29.0 Å². The molecule has 4 bridgehead atoms. The van der Waals surface area contributed by atoms with Gasteiger partial charge in [-0.05, 0) is 107 Å². The van der Waals surface area contributed by atoms with Gasteiger partial charge in [0, 0.05) is 60.5 Å². The van der Waals surface area contributed by atoms with Crippen LogP contribution in [0, 0.1) is 0 Å². The van der Waals surface area contributed by atoms with Crippen molar-refractivity contribution in [2.45, 2.75) is 114 Å². The Morgan fingerprint density at radius 1 is 0.667 bits per heavy atom. The van der Waals surface area contributed by atoms with Crippen LogP contribution in [0.15, 0.2) is 98.1 Å². The van der Waals surface area contributed by atoms with Gasteiger partial charge in [0.15, 0.2) is 0 Å². The second-order valence-corrected chi connectivity index (χ2v) is 17.0. The Kier molecular flexibility index (Phi) is 9.68. The molecule has 1 amide bonds. The van der Waals surface area contributed by atoms with Gasteiger partial charge in [-0.3, -0.25) is 0 Å². The molecule has 8 heterocycles. The Labute approximate surface area is 332 Å². The fraction of sp³-hybridized carbons (Fsp3) is 0.400. The first kappa shape index (κ1) is 36.9. The Hall–Kier alpha value is -5.75. The maximum absolute atomic E-state index is 12.7. The van der Waals surface area contributed by atoms with E-state index in [9.17, 15) is 15.0 Å². The van der Waals surface area contributed by atoms with Gasteiger partial charge in [-0.25, -0.2) is 14.8 Å². The number of phenolic OH excluding ortho intramolecular Hbond substituents is 2. The lowest BCUT2D eigenvalue weighted by Gasteiger charge is -2.39. The summed E-state index contributed by atoms with van der Waals surface area (Å²) in [5, 5.41) is 22.8. The summed E-state index contributed by atoms with van der Waals surface area (Å²) in [5.74, 6) is 2.17. The number of rotatable bonds is 6. The minimum Gasteiger partial charge on any atom is -0.508 e. The summed E-state index contributed by atoms with van der Waals surface area (Å²) in [6, 6.07) is 20.0. The number of carbonyl (C=O) groups is 1. The Bertz CT molecular complexity index is 2340. The third-order valence-electron chi connectivity index (χ3n) is 11.7. The first-order chi connectivity index (χ1) is 27.5. The zero-order valence-electron chi connectivity index (χ0n) is 32.6. The summed E-state index contributed by atoms with van der Waals surface area (Å²) in [4.78, 5) is 23.2. The number of fused-ring (bicyclic) bond motifs is 6. The minimum atomic E-state index is -0.494. The molecule has 0 aliphatic carbocycles. The standard InChI is InChI=1S/C25H29N3O4.C20H21N3O2/c1-25(2,3)32-24(30)28-18-6-7-19(28)12-21(11-18)31-23-10-17(14-27-15-26-13-22(23)27)16-4-8-20(29)9-5-16;24-17-5-1-13(2-6-17)14-7-20(19-10-21-12-23(19)11-14)25-18-8-15-3-4-16(9-18)22-15/h4-5,8-10,13-15,18-19,21,29H,6-7,11-12H2,1-3H3;1-2,5-7,10-12,15-16,18,22,24H,3-4,8-9H2/t18-,19?,21?;15-,16+,18?/m0./s1. The molecule has 57 heavy (non-hydrogen) atoms. The van der Waals surface area contributed by atoms with Crippen molar-refractivity contribution in [3.05, 3.63) is 98.1 Å². The van der Waals surface area contributed by atoms with Gasteiger partial charge in [-0.1, -0.05) is 24.3 Å². The number of phenols is 2. The molecule has 4 aliphatic heterocycles. The second kappa shape index (κ2) is 15.0. The van der Waals surface area contributed by atoms with Crippen molar-refractivity contribution < 1.29 is 29.2 Å². The number of nitrogens with zero attached hydrogens (tertiary/aromatic N) is 5. The minimum absolute atomic E-state index is 0.0277. The van der Waals surface area contributed by atoms with Crippen LogP contribution >= 0.6 is 0 Å². The van der Waals surface area contributed by atoms with E-state index in [-0.39, 0.29) is 41.9 Å². The molecular formula is C45H50N6O6. The van der Waals surface area contributed by atoms with Gasteiger partial charge in [0.1, 0.15) is 51.8 Å². The molecule has 2 aromatic carbocycles. The van der Waals surface area contributed by atoms with Gasteiger partial charge in [0.25, 0.3) is 0 Å². The number of aromatic nitrogens is 4. The highest BCUT2D eigenvalue weighted by atomic mass is 16.6. The van der Waals surface area contributed by atoms with Crippen molar-refractivity contribution in [2.75, 3.05) is 0 Å². The third-order valence-corrected chi connectivity index (χ3v) is 11.7. The van der Waals surface area contributed by atoms with E-state index in [4.69, 9.17) is 14.2 Å². The van der Waals surface area contributed by atoms with Crippen molar-refractivity contribution >= 4 is 17.1 Å². The number of amides is 1. The summed E-state index contributed by atoms with van der Waals surface area (Å²) in [5.41, 5.74) is 5.48. The fourth-order valence-electron chi connectivity index (χ4n) is 9.11. The first-order valence-electron chi connectivity index (χ1n) is 20.1. The number of imidazole rings is 2. The van der Waals surface area contributed by atoms with Crippen LogP contribution in [0.25, 0.3) is 33.3 Å². The molecule has 12 nitrogen and oxygen atoms in total. The summed E-state index contributed by atoms with van der Waals surface area (Å²) in [7, 11) is 0. The van der Waals surface area contributed by atoms with Gasteiger partial charge in [-0.15, -0.1) is 0 Å². The predicted molar refractivity (Wildman–Crippen MR) is 217 cm³/mol. The topological polar surface area (TPSA) is 135 Å². The van der Waals surface area contributed by atoms with E-state index in [0.717, 1.165) is 83.3 Å². The average Bonchev–Trinajstić information content (AvgIpc) is 3.98. The summed E-state index contributed by atoms with van der Waals surface area (Å²) in [6.45, 7) is 5.71. The number of aromatic hydroxyl groups is 2. The van der Waals surface area contributed by atoms with Crippen LogP contribution in [0.4, 0.5) is 4.79 Å². The van der Waals surface area contributed by atoms with E-state index in [1.165, 1.54) is 12.8 Å². The van der Waals surface area contributed by atoms with E-state index in [2.05, 4.69) is 21.4 Å². The summed E-state index contributed by atoms with van der Waals surface area (Å²) in [6.07, 6.45) is 19.6. The molecular weight excluding hydrogens is 721 g/mol. The SMILES string of the molecule is CC(C)(C)OC(=O)N1C2CC[C@H]1CC(Oc1cc(-c3ccc(O)cc3)cn3cncc13)C2.Oc1ccc(-c2cc(OC3C[C@H]4CC[C@@H](C3)N4)c3cncn3c2)cc1. The maximum Gasteiger partial charge on any atom is 0.410 e. The summed E-state index contributed by atoms with van der Waals surface area (Å²) >= 11 is 0. The smallest absolute Gasteiger partial charge is 0.410 e. The van der Waals surface area contributed by atoms with Crippen LogP contribution in [-0.2, 0) is 4.74 Å². The zero-order chi connectivity index (χ0) is 39.3. The number of benzene rings is 2. The molecule has 0 saturated carbocycles. The molecule has 10 rings (SSSR count). The molecule has 4 saturated heterocycles. The van der Waals surface area contributed by atoms with E-state index in [0.29, 0.717) is 12.1 Å². The highest BCUT2D eigenvalue weighted by molar-refractivity contribution is 5.73. The van der Waals surface area contributed by atoms with Gasteiger partial charge in [-0.2, -0.15) is 0 Å². The van der Waals surface area contributed by atoms with E-state index >= 15 is 0 Å². The molecule has 4 aromatic heterocycles. The lowest BCUT2D eigenvalue weighted by atomic mass is 10.00. The molecule has 3 unspecified atom stereocenters. The van der Waals surface area contributed by atoms with Crippen LogP contribution < -0.4 is 14.8 Å². The van der Waals surface area contributed by atoms with Crippen LogP contribution in [0.3, 0.4) is 0 Å². The zero-order valence-corrected chi connectivity index (χ0v) is 32.6. The van der Waals surface area contributed by atoms with E-state index in [1.54, 1.807) is 43.1 Å². The van der Waals surface area contributed by atoms with Crippen LogP contribution in [0.2, 0.25) is 0 Å². The van der Waals surface area contributed by atoms with E-state index < -0.39 is 5.60 Å². The van der Waals surface area contributed by atoms with Gasteiger partial charge in [0.2, 0.25) is 0 Å². The maximum atomic E-state index is 12.7. The quantitative estimate of drug-likeness (QED) is 0.153. The molecule has 4 fully saturated rings. The molecule has 296 valence electrons. The number of hydrogen-bond donors (Lipinski definition) is 3. The highest BCUT2D eigenvalue weighted by Gasteiger charge is 2.45. The number of carbonyl (C=O) groups excluding carboxylic acids is 1. The van der Waals surface area contributed by atoms with Gasteiger partial charge >= 0.3 is 6.09 Å².